The Bertz CT molecular complexity index is 1250. The van der Waals surface area contributed by atoms with E-state index < -0.39 is 0 Å². The van der Waals surface area contributed by atoms with Crippen LogP contribution in [0.2, 0.25) is 0 Å². The van der Waals surface area contributed by atoms with Crippen molar-refractivity contribution in [2.45, 2.75) is 17.4 Å². The van der Waals surface area contributed by atoms with Gasteiger partial charge in [0.15, 0.2) is 0 Å². The predicted octanol–water partition coefficient (Wildman–Crippen LogP) is 5.29. The lowest BCUT2D eigenvalue weighted by Crippen LogP contribution is -2.31. The Morgan fingerprint density at radius 1 is 1.00 bits per heavy atom. The Kier molecular flexibility index (Phi) is 5.45. The van der Waals surface area contributed by atoms with Crippen LogP contribution in [0.5, 0.6) is 5.75 Å². The number of aromatic nitrogens is 2. The molecule has 3 aromatic carbocycles. The highest BCUT2D eigenvalue weighted by Gasteiger charge is 2.42. The highest BCUT2D eigenvalue weighted by atomic mass is 32.2. The molecule has 160 valence electrons. The van der Waals surface area contributed by atoms with Crippen LogP contribution in [0.15, 0.2) is 83.8 Å². The number of H-pyrrole nitrogens is 1. The number of nitrogens with one attached hydrogen (secondary N) is 1. The average Bonchev–Trinajstić information content (AvgIpc) is 3.37. The minimum absolute atomic E-state index is 0.0657. The van der Waals surface area contributed by atoms with Gasteiger partial charge in [0.1, 0.15) is 17.1 Å². The lowest BCUT2D eigenvalue weighted by molar-refractivity contribution is 0.0746. The van der Waals surface area contributed by atoms with Crippen LogP contribution in [0.1, 0.15) is 33.2 Å². The number of benzene rings is 3. The monoisotopic (exact) mass is 441 g/mol. The van der Waals surface area contributed by atoms with Crippen molar-refractivity contribution in [2.75, 3.05) is 12.8 Å². The maximum Gasteiger partial charge on any atom is 0.273 e. The van der Waals surface area contributed by atoms with E-state index in [4.69, 9.17) is 0 Å². The summed E-state index contributed by atoms with van der Waals surface area (Å²) in [6, 6.07) is 25.4. The van der Waals surface area contributed by atoms with Gasteiger partial charge in [0.25, 0.3) is 5.91 Å². The molecule has 0 fully saturated rings. The van der Waals surface area contributed by atoms with Crippen molar-refractivity contribution in [3.8, 4) is 17.0 Å². The van der Waals surface area contributed by atoms with Crippen LogP contribution in [-0.2, 0) is 6.42 Å². The Labute approximate surface area is 191 Å². The van der Waals surface area contributed by atoms with E-state index >= 15 is 0 Å². The van der Waals surface area contributed by atoms with Gasteiger partial charge in [-0.2, -0.15) is 5.10 Å². The number of hydrogen-bond acceptors (Lipinski definition) is 4. The molecule has 32 heavy (non-hydrogen) atoms. The van der Waals surface area contributed by atoms with Crippen LogP contribution in [0.3, 0.4) is 0 Å². The molecule has 5 nitrogen and oxygen atoms in total. The molecule has 0 saturated heterocycles. The minimum Gasteiger partial charge on any atom is -0.507 e. The molecule has 0 saturated carbocycles. The number of phenolic OH excluding ortho intramolecular Hbond substituents is 1. The molecule has 1 atom stereocenters. The van der Waals surface area contributed by atoms with Crippen molar-refractivity contribution in [1.29, 1.82) is 0 Å². The van der Waals surface area contributed by atoms with Gasteiger partial charge in [0.2, 0.25) is 0 Å². The fourth-order valence-corrected chi connectivity index (χ4v) is 4.74. The number of carbonyl (C=O) groups excluding carboxylic acids is 1. The fourth-order valence-electron chi connectivity index (χ4n) is 4.33. The third-order valence-electron chi connectivity index (χ3n) is 5.94. The van der Waals surface area contributed by atoms with E-state index in [9.17, 15) is 9.90 Å². The quantitative estimate of drug-likeness (QED) is 0.399. The summed E-state index contributed by atoms with van der Waals surface area (Å²) in [6.07, 6.45) is 2.81. The molecule has 4 aromatic rings. The molecule has 0 bridgehead atoms. The first-order valence-electron chi connectivity index (χ1n) is 10.5. The minimum atomic E-state index is -0.273. The van der Waals surface area contributed by atoms with Crippen molar-refractivity contribution >= 4 is 17.7 Å². The Balaban J connectivity index is 1.59. The molecule has 1 aliphatic rings. The summed E-state index contributed by atoms with van der Waals surface area (Å²) < 4.78 is 0. The molecule has 6 heteroatoms. The highest BCUT2D eigenvalue weighted by molar-refractivity contribution is 7.98. The van der Waals surface area contributed by atoms with Crippen LogP contribution in [-0.4, -0.2) is 38.9 Å². The summed E-state index contributed by atoms with van der Waals surface area (Å²) in [5, 5.41) is 17.9. The summed E-state index contributed by atoms with van der Waals surface area (Å²) >= 11 is 1.69. The Hall–Kier alpha value is -3.51. The molecule has 2 N–H and O–H groups in total. The normalized spacial score (nSPS) is 15.2. The molecule has 1 aromatic heterocycles. The van der Waals surface area contributed by atoms with E-state index in [0.717, 1.165) is 17.5 Å². The van der Waals surface area contributed by atoms with E-state index in [1.54, 1.807) is 23.9 Å². The van der Waals surface area contributed by atoms with Gasteiger partial charge in [-0.1, -0.05) is 54.6 Å². The molecule has 1 aliphatic heterocycles. The average molecular weight is 442 g/mol. The van der Waals surface area contributed by atoms with Crippen molar-refractivity contribution in [1.82, 2.24) is 15.1 Å². The summed E-state index contributed by atoms with van der Waals surface area (Å²) in [5.74, 6) is 0.0810. The third kappa shape index (κ3) is 3.56. The number of phenols is 1. The predicted molar refractivity (Wildman–Crippen MR) is 127 cm³/mol. The van der Waals surface area contributed by atoms with E-state index in [1.807, 2.05) is 41.5 Å². The number of rotatable bonds is 6. The van der Waals surface area contributed by atoms with Gasteiger partial charge in [0, 0.05) is 22.6 Å². The van der Waals surface area contributed by atoms with E-state index in [-0.39, 0.29) is 17.7 Å². The maximum atomic E-state index is 13.4. The van der Waals surface area contributed by atoms with Crippen LogP contribution in [0.25, 0.3) is 11.3 Å². The molecular weight excluding hydrogens is 418 g/mol. The summed E-state index contributed by atoms with van der Waals surface area (Å²) in [5.41, 5.74) is 4.77. The van der Waals surface area contributed by atoms with Crippen LogP contribution in [0, 0.1) is 0 Å². The molecule has 2 heterocycles. The first-order valence-corrected chi connectivity index (χ1v) is 11.8. The van der Waals surface area contributed by atoms with Gasteiger partial charge in [0.05, 0.1) is 6.04 Å². The Morgan fingerprint density at radius 2 is 1.72 bits per heavy atom. The van der Waals surface area contributed by atoms with Crippen molar-refractivity contribution in [3.63, 3.8) is 0 Å². The molecule has 0 radical (unpaired) electrons. The van der Waals surface area contributed by atoms with Gasteiger partial charge in [-0.15, -0.1) is 11.8 Å². The first kappa shape index (κ1) is 20.4. The van der Waals surface area contributed by atoms with Gasteiger partial charge < -0.3 is 10.0 Å². The zero-order valence-electron chi connectivity index (χ0n) is 17.7. The van der Waals surface area contributed by atoms with Crippen molar-refractivity contribution in [3.05, 3.63) is 101 Å². The number of fused-ring (bicyclic) bond motifs is 1. The second-order valence-electron chi connectivity index (χ2n) is 7.79. The number of aromatic hydroxyl groups is 1. The zero-order valence-corrected chi connectivity index (χ0v) is 18.5. The van der Waals surface area contributed by atoms with Crippen LogP contribution in [0.4, 0.5) is 0 Å². The SMILES string of the molecule is CSc1ccc([C@@H]2c3c(-c4ccccc4O)n[nH]c3C(=O)N2CCc2ccccc2)cc1. The lowest BCUT2D eigenvalue weighted by Gasteiger charge is -2.26. The molecule has 0 unspecified atom stereocenters. The second kappa shape index (κ2) is 8.55. The second-order valence-corrected chi connectivity index (χ2v) is 8.67. The molecule has 0 spiro atoms. The maximum absolute atomic E-state index is 13.4. The smallest absolute Gasteiger partial charge is 0.273 e. The van der Waals surface area contributed by atoms with E-state index in [1.165, 1.54) is 10.5 Å². The topological polar surface area (TPSA) is 69.2 Å². The molecular formula is C26H23N3O2S. The summed E-state index contributed by atoms with van der Waals surface area (Å²) in [6.45, 7) is 0.584. The van der Waals surface area contributed by atoms with Gasteiger partial charge in [-0.25, -0.2) is 0 Å². The molecule has 5 rings (SSSR count). The third-order valence-corrected chi connectivity index (χ3v) is 6.68. The number of carbonyl (C=O) groups is 1. The number of amides is 1. The van der Waals surface area contributed by atoms with Gasteiger partial charge >= 0.3 is 0 Å². The van der Waals surface area contributed by atoms with Crippen LogP contribution >= 0.6 is 11.8 Å². The number of nitrogens with zero attached hydrogens (tertiary/aromatic N) is 2. The highest BCUT2D eigenvalue weighted by Crippen LogP contribution is 2.44. The number of para-hydroxylation sites is 1. The number of hydrogen-bond donors (Lipinski definition) is 2. The Morgan fingerprint density at radius 3 is 2.44 bits per heavy atom. The zero-order chi connectivity index (χ0) is 22.1. The summed E-state index contributed by atoms with van der Waals surface area (Å²) in [4.78, 5) is 16.5. The van der Waals surface area contributed by atoms with E-state index in [0.29, 0.717) is 23.5 Å². The van der Waals surface area contributed by atoms with Crippen molar-refractivity contribution in [2.24, 2.45) is 0 Å². The summed E-state index contributed by atoms with van der Waals surface area (Å²) in [7, 11) is 0. The van der Waals surface area contributed by atoms with Crippen molar-refractivity contribution < 1.29 is 9.90 Å². The standard InChI is InChI=1S/C26H23N3O2S/c1-32-19-13-11-18(12-14-19)25-22-23(20-9-5-6-10-21(20)30)27-28-24(22)26(31)29(25)16-15-17-7-3-2-4-8-17/h2-14,25,30H,15-16H2,1H3,(H,27,28)/t25-/m1/s1. The molecule has 0 aliphatic carbocycles. The van der Waals surface area contributed by atoms with Gasteiger partial charge in [-0.05, 0) is 48.1 Å². The molecule has 1 amide bonds. The largest absolute Gasteiger partial charge is 0.507 e. The van der Waals surface area contributed by atoms with E-state index in [2.05, 4.69) is 46.6 Å². The number of thioether (sulfide) groups is 1. The first-order chi connectivity index (χ1) is 15.7. The number of aromatic amines is 1. The fraction of sp³-hybridized carbons (Fsp3) is 0.154. The van der Waals surface area contributed by atoms with Gasteiger partial charge in [-0.3, -0.25) is 9.89 Å². The van der Waals surface area contributed by atoms with Crippen LogP contribution < -0.4 is 0 Å². The lowest BCUT2D eigenvalue weighted by atomic mass is 9.95.